The summed E-state index contributed by atoms with van der Waals surface area (Å²) in [5, 5.41) is 0. The number of hydrogen-bond donors (Lipinski definition) is 0. The Bertz CT molecular complexity index is 1020. The van der Waals surface area contributed by atoms with E-state index in [4.69, 9.17) is 23.7 Å². The second-order valence-electron chi connectivity index (χ2n) is 7.00. The number of rotatable bonds is 8. The summed E-state index contributed by atoms with van der Waals surface area (Å²) in [6.07, 6.45) is -2.25. The molecule has 0 fully saturated rings. The van der Waals surface area contributed by atoms with Crippen LogP contribution >= 0.6 is 0 Å². The van der Waals surface area contributed by atoms with Gasteiger partial charge in [-0.2, -0.15) is 0 Å². The molecule has 0 aromatic heterocycles. The molecule has 0 N–H and O–H groups in total. The Labute approximate surface area is 202 Å². The van der Waals surface area contributed by atoms with Crippen LogP contribution in [0.4, 0.5) is 15.3 Å². The number of carbonyl (C=O) groups is 5. The maximum atomic E-state index is 12.4. The molecule has 11 nitrogen and oxygen atoms in total. The van der Waals surface area contributed by atoms with Crippen LogP contribution in [0.25, 0.3) is 11.1 Å². The molecule has 0 radical (unpaired) electrons. The largest absolute Gasteiger partial charge is 0.513 e. The maximum Gasteiger partial charge on any atom is 0.513 e. The molecule has 0 aromatic carbocycles. The van der Waals surface area contributed by atoms with Crippen LogP contribution < -0.4 is 14.4 Å². The van der Waals surface area contributed by atoms with Gasteiger partial charge in [-0.1, -0.05) is 24.3 Å². The van der Waals surface area contributed by atoms with Crippen molar-refractivity contribution in [2.45, 2.75) is 41.0 Å². The van der Waals surface area contributed by atoms with E-state index in [-0.39, 0.29) is 54.6 Å². The van der Waals surface area contributed by atoms with Gasteiger partial charge in [0.15, 0.2) is 11.5 Å². The van der Waals surface area contributed by atoms with Gasteiger partial charge in [0.1, 0.15) is 5.69 Å². The average Bonchev–Trinajstić information content (AvgIpc) is 2.89. The van der Waals surface area contributed by atoms with E-state index in [2.05, 4.69) is 0 Å². The Morgan fingerprint density at radius 1 is 0.686 bits per heavy atom. The fourth-order valence-electron chi connectivity index (χ4n) is 3.27. The third kappa shape index (κ3) is 6.69. The van der Waals surface area contributed by atoms with Crippen molar-refractivity contribution in [3.8, 4) is 22.6 Å². The van der Waals surface area contributed by atoms with Gasteiger partial charge in [-0.15, -0.1) is 0 Å². The van der Waals surface area contributed by atoms with Crippen LogP contribution in [0.3, 0.4) is 0 Å². The molecule has 0 bridgehead atoms. The van der Waals surface area contributed by atoms with Gasteiger partial charge in [-0.3, -0.25) is 14.4 Å². The second kappa shape index (κ2) is 12.4. The molecular weight excluding hydrogens is 462 g/mol. The van der Waals surface area contributed by atoms with Gasteiger partial charge >= 0.3 is 18.3 Å². The first-order valence-electron chi connectivity index (χ1n) is 10.9. The zero-order valence-corrected chi connectivity index (χ0v) is 20.2. The van der Waals surface area contributed by atoms with Crippen molar-refractivity contribution in [3.05, 3.63) is 29.8 Å². The smallest absolute Gasteiger partial charge is 0.466 e. The van der Waals surface area contributed by atoms with Gasteiger partial charge in [-0.25, -0.2) is 14.5 Å². The van der Waals surface area contributed by atoms with E-state index in [1.807, 2.05) is 0 Å². The van der Waals surface area contributed by atoms with Crippen LogP contribution in [-0.2, 0) is 35.0 Å². The van der Waals surface area contributed by atoms with Gasteiger partial charge in [0.05, 0.1) is 26.2 Å². The lowest BCUT2D eigenvalue weighted by molar-refractivity contribution is -0.142. The highest BCUT2D eigenvalue weighted by molar-refractivity contribution is 6.18. The Kier molecular flexibility index (Phi) is 9.56. The molecule has 0 heterocycles. The normalized spacial score (nSPS) is 10.3. The second-order valence-corrected chi connectivity index (χ2v) is 7.00. The summed E-state index contributed by atoms with van der Waals surface area (Å²) >= 11 is 0. The van der Waals surface area contributed by atoms with Gasteiger partial charge < -0.3 is 23.7 Å². The van der Waals surface area contributed by atoms with Crippen molar-refractivity contribution in [2.75, 3.05) is 24.7 Å². The fourth-order valence-corrected chi connectivity index (χ4v) is 3.27. The molecule has 2 rings (SSSR count). The molecule has 11 heteroatoms. The van der Waals surface area contributed by atoms with Crippen LogP contribution in [-0.4, -0.2) is 49.9 Å². The molecule has 2 aliphatic carbocycles. The van der Waals surface area contributed by atoms with Crippen LogP contribution in [0.5, 0.6) is 11.5 Å². The number of nitrogens with zero attached hydrogens (tertiary/aromatic N) is 1. The molecule has 35 heavy (non-hydrogen) atoms. The Hall–Kier alpha value is -4.15. The summed E-state index contributed by atoms with van der Waals surface area (Å²) in [6.45, 7) is 7.29. The highest BCUT2D eigenvalue weighted by Crippen LogP contribution is 2.54. The van der Waals surface area contributed by atoms with Crippen molar-refractivity contribution in [1.29, 1.82) is 0 Å². The quantitative estimate of drug-likeness (QED) is 0.397. The third-order valence-electron chi connectivity index (χ3n) is 4.54. The minimum Gasteiger partial charge on any atom is -0.466 e. The predicted molar refractivity (Wildman–Crippen MR) is 123 cm³/mol. The average molecular weight is 489 g/mol. The third-order valence-corrected chi connectivity index (χ3v) is 4.54. The highest BCUT2D eigenvalue weighted by Gasteiger charge is 2.36. The monoisotopic (exact) mass is 489 g/mol. The molecule has 0 spiro atoms. The number of hydrogen-bond acceptors (Lipinski definition) is 10. The minimum atomic E-state index is -1.10. The Morgan fingerprint density at radius 2 is 1.11 bits per heavy atom. The minimum absolute atomic E-state index is 0.000409. The molecule has 0 aliphatic heterocycles. The number of fused-ring (bicyclic) bond motifs is 1. The highest BCUT2D eigenvalue weighted by atomic mass is 16.7. The lowest BCUT2D eigenvalue weighted by Crippen LogP contribution is -2.33. The van der Waals surface area contributed by atoms with Crippen molar-refractivity contribution >= 4 is 35.8 Å². The van der Waals surface area contributed by atoms with E-state index in [1.54, 1.807) is 32.9 Å². The number of esters is 1. The number of anilines is 1. The molecule has 2 amide bonds. The predicted octanol–water partition coefficient (Wildman–Crippen LogP) is 3.87. The molecular formula is C24H27NO10. The molecule has 0 saturated heterocycles. The van der Waals surface area contributed by atoms with E-state index in [0.717, 1.165) is 13.8 Å². The lowest BCUT2D eigenvalue weighted by atomic mass is 10.2. The molecule has 0 atom stereocenters. The number of carbonyl (C=O) groups excluding carboxylic acids is 5. The molecule has 0 aromatic rings. The number of ether oxygens (including phenoxy) is 5. The standard InChI is InChI=1S/C24H27NO10/c1-6-31-19(28)13-16-9-11-17-18(12-10-16)22(35-24(30)33-8-3)20(25(14(4)26)15(5)27)21(17)34-23(29)32-7-2/h9-12H,6-8,13H2,1-5H3. The zero-order valence-electron chi connectivity index (χ0n) is 20.2. The Balaban J connectivity index is 2.83. The first-order chi connectivity index (χ1) is 16.6. The van der Waals surface area contributed by atoms with Gasteiger partial charge in [-0.05, 0) is 26.3 Å². The van der Waals surface area contributed by atoms with Crippen molar-refractivity contribution in [1.82, 2.24) is 0 Å². The molecule has 0 saturated carbocycles. The van der Waals surface area contributed by atoms with Crippen LogP contribution in [0, 0.1) is 0 Å². The van der Waals surface area contributed by atoms with Gasteiger partial charge in [0, 0.05) is 25.0 Å². The number of amides is 2. The summed E-state index contributed by atoms with van der Waals surface area (Å²) in [6, 6.07) is 6.14. The van der Waals surface area contributed by atoms with E-state index < -0.39 is 30.1 Å². The van der Waals surface area contributed by atoms with E-state index in [1.165, 1.54) is 12.1 Å². The van der Waals surface area contributed by atoms with Crippen molar-refractivity contribution in [2.24, 2.45) is 0 Å². The SMILES string of the molecule is CCOC(=O)Cc1ccc2c(OC(=O)OCC)c(N(C(C)=O)C(C)=O)c(OC(=O)OCC)c-2cc1. The zero-order chi connectivity index (χ0) is 26.1. The summed E-state index contributed by atoms with van der Waals surface area (Å²) in [5.74, 6) is -2.39. The van der Waals surface area contributed by atoms with Crippen molar-refractivity contribution in [3.63, 3.8) is 0 Å². The number of imide groups is 1. The van der Waals surface area contributed by atoms with Crippen molar-refractivity contribution < 1.29 is 47.7 Å². The van der Waals surface area contributed by atoms with Crippen LogP contribution in [0.1, 0.15) is 40.2 Å². The maximum absolute atomic E-state index is 12.4. The Morgan fingerprint density at radius 3 is 1.49 bits per heavy atom. The van der Waals surface area contributed by atoms with E-state index in [0.29, 0.717) is 10.5 Å². The van der Waals surface area contributed by atoms with Crippen LogP contribution in [0.15, 0.2) is 24.3 Å². The van der Waals surface area contributed by atoms with Gasteiger partial charge in [0.2, 0.25) is 11.8 Å². The summed E-state index contributed by atoms with van der Waals surface area (Å²) in [4.78, 5) is 61.9. The summed E-state index contributed by atoms with van der Waals surface area (Å²) in [5.41, 5.74) is 0.685. The molecule has 188 valence electrons. The molecule has 0 unspecified atom stereocenters. The fraction of sp³-hybridized carbons (Fsp3) is 0.375. The topological polar surface area (TPSA) is 135 Å². The van der Waals surface area contributed by atoms with Gasteiger partial charge in [0.25, 0.3) is 0 Å². The van der Waals surface area contributed by atoms with E-state index >= 15 is 0 Å². The first kappa shape index (κ1) is 27.1. The first-order valence-corrected chi connectivity index (χ1v) is 10.9. The van der Waals surface area contributed by atoms with Crippen LogP contribution in [0.2, 0.25) is 0 Å². The lowest BCUT2D eigenvalue weighted by Gasteiger charge is -2.19. The summed E-state index contributed by atoms with van der Waals surface area (Å²) < 4.78 is 25.4. The summed E-state index contributed by atoms with van der Waals surface area (Å²) in [7, 11) is 0. The molecule has 2 aliphatic rings. The van der Waals surface area contributed by atoms with E-state index in [9.17, 15) is 24.0 Å².